The molecule has 1 aromatic heterocycles. The highest BCUT2D eigenvalue weighted by Crippen LogP contribution is 2.15. The Hall–Kier alpha value is -1.16. The molecule has 0 spiro atoms. The number of nitrogens with zero attached hydrogens (tertiary/aromatic N) is 1. The Morgan fingerprint density at radius 1 is 1.46 bits per heavy atom. The van der Waals surface area contributed by atoms with Gasteiger partial charge in [-0.2, -0.15) is 17.7 Å². The van der Waals surface area contributed by atoms with Crippen LogP contribution in [0, 0.1) is 0 Å². The summed E-state index contributed by atoms with van der Waals surface area (Å²) >= 11 is 4.13. The molecule has 2 aromatic rings. The van der Waals surface area contributed by atoms with Crippen molar-refractivity contribution in [3.05, 3.63) is 24.4 Å². The first-order chi connectivity index (χ1) is 6.40. The van der Waals surface area contributed by atoms with Crippen LogP contribution in [0.25, 0.3) is 10.9 Å². The Bertz CT molecular complexity index is 396. The Morgan fingerprint density at radius 3 is 3.23 bits per heavy atom. The van der Waals surface area contributed by atoms with Crippen LogP contribution in [-0.4, -0.2) is 22.5 Å². The highest BCUT2D eigenvalue weighted by atomic mass is 32.1. The van der Waals surface area contributed by atoms with Crippen LogP contribution in [0.3, 0.4) is 0 Å². The highest BCUT2D eigenvalue weighted by Gasteiger charge is 1.96. The molecule has 0 bridgehead atoms. The Labute approximate surface area is 81.9 Å². The van der Waals surface area contributed by atoms with E-state index in [2.05, 4.69) is 28.1 Å². The molecule has 0 aliphatic heterocycles. The average Bonchev–Trinajstić information content (AvgIpc) is 2.61. The van der Waals surface area contributed by atoms with Gasteiger partial charge in [-0.05, 0) is 18.2 Å². The molecule has 3 nitrogen and oxygen atoms in total. The summed E-state index contributed by atoms with van der Waals surface area (Å²) in [6.45, 7) is 0.878. The van der Waals surface area contributed by atoms with Crippen LogP contribution < -0.4 is 5.32 Å². The van der Waals surface area contributed by atoms with Crippen LogP contribution in [0.5, 0.6) is 0 Å². The fourth-order valence-electron chi connectivity index (χ4n) is 1.25. The van der Waals surface area contributed by atoms with Crippen LogP contribution in [0.4, 0.5) is 5.69 Å². The molecule has 0 atom stereocenters. The van der Waals surface area contributed by atoms with Gasteiger partial charge >= 0.3 is 0 Å². The van der Waals surface area contributed by atoms with E-state index < -0.39 is 0 Å². The second kappa shape index (κ2) is 3.70. The molecule has 0 aliphatic rings. The summed E-state index contributed by atoms with van der Waals surface area (Å²) in [5.41, 5.74) is 2.16. The van der Waals surface area contributed by atoms with Crippen molar-refractivity contribution in [2.75, 3.05) is 17.6 Å². The molecule has 0 saturated heterocycles. The van der Waals surface area contributed by atoms with E-state index in [9.17, 15) is 0 Å². The maximum Gasteiger partial charge on any atom is 0.0670 e. The van der Waals surface area contributed by atoms with Gasteiger partial charge in [0, 0.05) is 23.4 Å². The third-order valence-corrected chi connectivity index (χ3v) is 2.11. The fourth-order valence-corrected chi connectivity index (χ4v) is 1.36. The molecule has 0 unspecified atom stereocenters. The summed E-state index contributed by atoms with van der Waals surface area (Å²) in [4.78, 5) is 0. The molecule has 4 heteroatoms. The molecular formula is C9H11N3S. The monoisotopic (exact) mass is 193 g/mol. The number of hydrogen-bond donors (Lipinski definition) is 3. The lowest BCUT2D eigenvalue weighted by molar-refractivity contribution is 1.12. The molecule has 2 rings (SSSR count). The summed E-state index contributed by atoms with van der Waals surface area (Å²) in [5, 5.41) is 11.3. The third-order valence-electron chi connectivity index (χ3n) is 1.88. The minimum Gasteiger partial charge on any atom is -0.384 e. The smallest absolute Gasteiger partial charge is 0.0670 e. The lowest BCUT2D eigenvalue weighted by Crippen LogP contribution is -2.01. The maximum atomic E-state index is 4.13. The largest absolute Gasteiger partial charge is 0.384 e. The third kappa shape index (κ3) is 1.78. The summed E-state index contributed by atoms with van der Waals surface area (Å²) in [7, 11) is 0. The molecule has 13 heavy (non-hydrogen) atoms. The van der Waals surface area contributed by atoms with Crippen LogP contribution in [0.1, 0.15) is 0 Å². The quantitative estimate of drug-likeness (QED) is 0.652. The Morgan fingerprint density at radius 2 is 2.38 bits per heavy atom. The summed E-state index contributed by atoms with van der Waals surface area (Å²) in [6.07, 6.45) is 1.82. The molecule has 0 saturated carbocycles. The number of aromatic nitrogens is 2. The minimum absolute atomic E-state index is 0.834. The van der Waals surface area contributed by atoms with Gasteiger partial charge in [0.15, 0.2) is 0 Å². The first-order valence-electron chi connectivity index (χ1n) is 4.18. The van der Waals surface area contributed by atoms with Crippen molar-refractivity contribution in [3.8, 4) is 0 Å². The highest BCUT2D eigenvalue weighted by molar-refractivity contribution is 7.80. The van der Waals surface area contributed by atoms with Gasteiger partial charge in [-0.25, -0.2) is 0 Å². The van der Waals surface area contributed by atoms with Crippen LogP contribution >= 0.6 is 12.6 Å². The summed E-state index contributed by atoms with van der Waals surface area (Å²) in [5.74, 6) is 0.834. The molecule has 68 valence electrons. The van der Waals surface area contributed by atoms with E-state index in [1.165, 1.54) is 0 Å². The number of aromatic amines is 1. The van der Waals surface area contributed by atoms with E-state index in [4.69, 9.17) is 0 Å². The van der Waals surface area contributed by atoms with Crippen LogP contribution in [0.2, 0.25) is 0 Å². The standard InChI is InChI=1S/C9H11N3S/c13-4-3-10-8-2-1-7-6-11-12-9(7)5-8/h1-2,5-6,10,13H,3-4H2,(H,11,12). The van der Waals surface area contributed by atoms with E-state index >= 15 is 0 Å². The average molecular weight is 193 g/mol. The number of rotatable bonds is 3. The number of nitrogens with one attached hydrogen (secondary N) is 2. The van der Waals surface area contributed by atoms with E-state index in [0.29, 0.717) is 0 Å². The number of thiol groups is 1. The second-order valence-electron chi connectivity index (χ2n) is 2.82. The SMILES string of the molecule is SCCNc1ccc2cn[nH]c2c1. The van der Waals surface area contributed by atoms with Gasteiger partial charge in [-0.15, -0.1) is 0 Å². The van der Waals surface area contributed by atoms with Gasteiger partial charge < -0.3 is 5.32 Å². The molecule has 0 aliphatic carbocycles. The van der Waals surface area contributed by atoms with Crippen molar-refractivity contribution >= 4 is 29.2 Å². The predicted molar refractivity (Wildman–Crippen MR) is 58.4 cm³/mol. The second-order valence-corrected chi connectivity index (χ2v) is 3.27. The first kappa shape index (κ1) is 8.44. The van der Waals surface area contributed by atoms with Crippen LogP contribution in [0.15, 0.2) is 24.4 Å². The van der Waals surface area contributed by atoms with Crippen molar-refractivity contribution in [1.29, 1.82) is 0 Å². The number of hydrogen-bond acceptors (Lipinski definition) is 3. The predicted octanol–water partition coefficient (Wildman–Crippen LogP) is 1.90. The molecule has 0 fully saturated rings. The number of fused-ring (bicyclic) bond motifs is 1. The Kier molecular flexibility index (Phi) is 2.40. The van der Waals surface area contributed by atoms with Gasteiger partial charge in [0.25, 0.3) is 0 Å². The fraction of sp³-hybridized carbons (Fsp3) is 0.222. The van der Waals surface area contributed by atoms with Gasteiger partial charge in [-0.1, -0.05) is 0 Å². The van der Waals surface area contributed by atoms with Crippen molar-refractivity contribution in [1.82, 2.24) is 10.2 Å². The van der Waals surface area contributed by atoms with Crippen molar-refractivity contribution < 1.29 is 0 Å². The van der Waals surface area contributed by atoms with Crippen molar-refractivity contribution in [2.45, 2.75) is 0 Å². The zero-order valence-corrected chi connectivity index (χ0v) is 8.01. The van der Waals surface area contributed by atoms with Gasteiger partial charge in [0.1, 0.15) is 0 Å². The number of anilines is 1. The Balaban J connectivity index is 2.26. The van der Waals surface area contributed by atoms with Crippen molar-refractivity contribution in [3.63, 3.8) is 0 Å². The van der Waals surface area contributed by atoms with Gasteiger partial charge in [0.2, 0.25) is 0 Å². The van der Waals surface area contributed by atoms with E-state index in [1.54, 1.807) is 0 Å². The van der Waals surface area contributed by atoms with E-state index in [0.717, 1.165) is 28.9 Å². The van der Waals surface area contributed by atoms with Gasteiger partial charge in [0.05, 0.1) is 11.7 Å². The molecule has 2 N–H and O–H groups in total. The van der Waals surface area contributed by atoms with E-state index in [1.807, 2.05) is 24.4 Å². The lowest BCUT2D eigenvalue weighted by atomic mass is 10.2. The molecular weight excluding hydrogens is 182 g/mol. The molecule has 0 amide bonds. The summed E-state index contributed by atoms with van der Waals surface area (Å²) < 4.78 is 0. The zero-order chi connectivity index (χ0) is 9.10. The first-order valence-corrected chi connectivity index (χ1v) is 4.81. The number of H-pyrrole nitrogens is 1. The maximum absolute atomic E-state index is 4.13. The molecule has 1 heterocycles. The molecule has 1 aromatic carbocycles. The number of benzene rings is 1. The molecule has 0 radical (unpaired) electrons. The topological polar surface area (TPSA) is 40.7 Å². The van der Waals surface area contributed by atoms with E-state index in [-0.39, 0.29) is 0 Å². The lowest BCUT2D eigenvalue weighted by Gasteiger charge is -2.03. The van der Waals surface area contributed by atoms with Crippen LogP contribution in [-0.2, 0) is 0 Å². The zero-order valence-electron chi connectivity index (χ0n) is 7.12. The van der Waals surface area contributed by atoms with Gasteiger partial charge in [-0.3, -0.25) is 5.10 Å². The minimum atomic E-state index is 0.834. The van der Waals surface area contributed by atoms with Crippen molar-refractivity contribution in [2.24, 2.45) is 0 Å². The normalized spacial score (nSPS) is 10.5. The summed E-state index contributed by atoms with van der Waals surface area (Å²) in [6, 6.07) is 6.13.